The summed E-state index contributed by atoms with van der Waals surface area (Å²) in [4.78, 5) is 4.78. The lowest BCUT2D eigenvalue weighted by Crippen LogP contribution is -2.36. The molecule has 0 amide bonds. The van der Waals surface area contributed by atoms with Gasteiger partial charge < -0.3 is 9.80 Å². The van der Waals surface area contributed by atoms with Crippen molar-refractivity contribution in [1.29, 1.82) is 0 Å². The van der Waals surface area contributed by atoms with E-state index in [1.165, 1.54) is 44.8 Å². The Bertz CT molecular complexity index is 2080. The van der Waals surface area contributed by atoms with Crippen LogP contribution in [0.25, 0.3) is 11.1 Å². The van der Waals surface area contributed by atoms with Gasteiger partial charge in [0, 0.05) is 22.7 Å². The van der Waals surface area contributed by atoms with E-state index in [4.69, 9.17) is 0 Å². The van der Waals surface area contributed by atoms with Crippen LogP contribution in [0.4, 0.5) is 34.1 Å². The summed E-state index contributed by atoms with van der Waals surface area (Å²) in [6.45, 7) is 0. The Labute approximate surface area is 264 Å². The number of anilines is 6. The minimum Gasteiger partial charge on any atom is -0.310 e. The van der Waals surface area contributed by atoms with Crippen molar-refractivity contribution in [1.82, 2.24) is 0 Å². The summed E-state index contributed by atoms with van der Waals surface area (Å²) in [6, 6.07) is 66.1. The van der Waals surface area contributed by atoms with E-state index in [-0.39, 0.29) is 0 Å². The van der Waals surface area contributed by atoms with Crippen LogP contribution in [0.2, 0.25) is 0 Å². The topological polar surface area (TPSA) is 6.48 Å². The van der Waals surface area contributed by atoms with Crippen LogP contribution in [0.1, 0.15) is 22.3 Å². The first-order chi connectivity index (χ1) is 22.4. The number of hydrogen-bond acceptors (Lipinski definition) is 2. The monoisotopic (exact) mass is 574 g/mol. The molecule has 0 fully saturated rings. The minimum atomic E-state index is -0.451. The standard InChI is InChI=1S/C43H30N2/c1-4-16-31(17-5-1)44(32-18-6-2-7-19-32)34-28-29-38-36(30-34)35-22-10-11-23-37(35)43(38)39-24-12-14-26-41(39)45(33-20-8-3-9-21-33)42-27-15-13-25-40(42)43/h1-30H. The molecule has 212 valence electrons. The van der Waals surface area contributed by atoms with Gasteiger partial charge in [0.25, 0.3) is 0 Å². The van der Waals surface area contributed by atoms with Crippen LogP contribution in [0, 0.1) is 0 Å². The maximum atomic E-state index is 2.43. The SMILES string of the molecule is c1ccc(N(c2ccccc2)c2ccc3c(c2)-c2ccccc2C32c3ccccc3N(c3ccccc3)c3ccccc32)cc1. The van der Waals surface area contributed by atoms with E-state index in [2.05, 4.69) is 192 Å². The summed E-state index contributed by atoms with van der Waals surface area (Å²) in [6.07, 6.45) is 0. The summed E-state index contributed by atoms with van der Waals surface area (Å²) >= 11 is 0. The van der Waals surface area contributed by atoms with Gasteiger partial charge in [0.1, 0.15) is 0 Å². The number of fused-ring (bicyclic) bond motifs is 9. The van der Waals surface area contributed by atoms with Gasteiger partial charge in [-0.3, -0.25) is 0 Å². The molecule has 0 atom stereocenters. The molecular formula is C43H30N2. The Morgan fingerprint density at radius 2 is 0.822 bits per heavy atom. The first-order valence-electron chi connectivity index (χ1n) is 15.5. The van der Waals surface area contributed by atoms with Crippen molar-refractivity contribution >= 4 is 34.1 Å². The van der Waals surface area contributed by atoms with Gasteiger partial charge in [-0.15, -0.1) is 0 Å². The van der Waals surface area contributed by atoms with Crippen molar-refractivity contribution in [3.05, 3.63) is 204 Å². The van der Waals surface area contributed by atoms with Gasteiger partial charge in [-0.1, -0.05) is 121 Å². The van der Waals surface area contributed by atoms with Crippen LogP contribution in [0.5, 0.6) is 0 Å². The molecule has 0 saturated carbocycles. The van der Waals surface area contributed by atoms with Gasteiger partial charge in [0.2, 0.25) is 0 Å². The molecule has 7 aromatic rings. The third kappa shape index (κ3) is 3.69. The second-order valence-electron chi connectivity index (χ2n) is 11.7. The first kappa shape index (κ1) is 25.6. The fourth-order valence-electron chi connectivity index (χ4n) is 7.69. The smallest absolute Gasteiger partial charge is 0.0754 e. The minimum absolute atomic E-state index is 0.451. The van der Waals surface area contributed by atoms with Crippen molar-refractivity contribution in [3.8, 4) is 11.1 Å². The highest BCUT2D eigenvalue weighted by Crippen LogP contribution is 2.63. The Morgan fingerprint density at radius 1 is 0.356 bits per heavy atom. The van der Waals surface area contributed by atoms with Crippen LogP contribution < -0.4 is 9.80 Å². The summed E-state index contributed by atoms with van der Waals surface area (Å²) in [5, 5.41) is 0. The maximum absolute atomic E-state index is 2.43. The predicted octanol–water partition coefficient (Wildman–Crippen LogP) is 11.3. The van der Waals surface area contributed by atoms with Gasteiger partial charge in [0.05, 0.1) is 16.8 Å². The zero-order valence-electron chi connectivity index (χ0n) is 24.7. The Balaban J connectivity index is 1.34. The molecule has 0 bridgehead atoms. The van der Waals surface area contributed by atoms with Crippen LogP contribution in [0.15, 0.2) is 182 Å². The van der Waals surface area contributed by atoms with Crippen LogP contribution >= 0.6 is 0 Å². The molecule has 1 heterocycles. The molecule has 1 aliphatic heterocycles. The summed E-state index contributed by atoms with van der Waals surface area (Å²) < 4.78 is 0. The van der Waals surface area contributed by atoms with Crippen LogP contribution in [-0.2, 0) is 5.41 Å². The second-order valence-corrected chi connectivity index (χ2v) is 11.7. The highest BCUT2D eigenvalue weighted by atomic mass is 15.2. The number of hydrogen-bond donors (Lipinski definition) is 0. The summed E-state index contributed by atoms with van der Waals surface area (Å²) in [5.41, 5.74) is 14.4. The van der Waals surface area contributed by atoms with Crippen molar-refractivity contribution in [2.75, 3.05) is 9.80 Å². The Hall–Kier alpha value is -5.86. The molecule has 1 spiro atoms. The average Bonchev–Trinajstić information content (AvgIpc) is 3.40. The normalized spacial score (nSPS) is 13.5. The van der Waals surface area contributed by atoms with Gasteiger partial charge >= 0.3 is 0 Å². The van der Waals surface area contributed by atoms with E-state index >= 15 is 0 Å². The molecule has 0 unspecified atom stereocenters. The molecule has 9 rings (SSSR count). The lowest BCUT2D eigenvalue weighted by Gasteiger charge is -2.45. The fourth-order valence-corrected chi connectivity index (χ4v) is 7.69. The maximum Gasteiger partial charge on any atom is 0.0754 e. The molecule has 0 radical (unpaired) electrons. The third-order valence-corrected chi connectivity index (χ3v) is 9.43. The second kappa shape index (κ2) is 10.1. The van der Waals surface area contributed by atoms with Crippen molar-refractivity contribution < 1.29 is 0 Å². The van der Waals surface area contributed by atoms with Gasteiger partial charge in [-0.2, -0.15) is 0 Å². The van der Waals surface area contributed by atoms with E-state index in [0.29, 0.717) is 0 Å². The molecule has 7 aromatic carbocycles. The van der Waals surface area contributed by atoms with E-state index < -0.39 is 5.41 Å². The molecule has 0 aromatic heterocycles. The summed E-state index contributed by atoms with van der Waals surface area (Å²) in [7, 11) is 0. The average molecular weight is 575 g/mol. The highest BCUT2D eigenvalue weighted by molar-refractivity contribution is 5.97. The number of benzene rings is 7. The van der Waals surface area contributed by atoms with Crippen molar-refractivity contribution in [2.45, 2.75) is 5.41 Å². The molecule has 1 aliphatic carbocycles. The molecule has 2 aliphatic rings. The molecule has 0 saturated heterocycles. The number of nitrogens with zero attached hydrogens (tertiary/aromatic N) is 2. The van der Waals surface area contributed by atoms with E-state index in [1.807, 2.05) is 0 Å². The van der Waals surface area contributed by atoms with Gasteiger partial charge in [-0.25, -0.2) is 0 Å². The van der Waals surface area contributed by atoms with Crippen LogP contribution in [-0.4, -0.2) is 0 Å². The number of rotatable bonds is 4. The quantitative estimate of drug-likeness (QED) is 0.206. The van der Waals surface area contributed by atoms with Crippen LogP contribution in [0.3, 0.4) is 0 Å². The Kier molecular flexibility index (Phi) is 5.76. The Morgan fingerprint density at radius 3 is 1.42 bits per heavy atom. The van der Waals surface area contributed by atoms with E-state index in [0.717, 1.165) is 22.7 Å². The van der Waals surface area contributed by atoms with Crippen molar-refractivity contribution in [2.24, 2.45) is 0 Å². The van der Waals surface area contributed by atoms with Gasteiger partial charge in [0.15, 0.2) is 0 Å². The largest absolute Gasteiger partial charge is 0.310 e. The first-order valence-corrected chi connectivity index (χ1v) is 15.5. The molecule has 2 nitrogen and oxygen atoms in total. The third-order valence-electron chi connectivity index (χ3n) is 9.43. The predicted molar refractivity (Wildman–Crippen MR) is 187 cm³/mol. The highest BCUT2D eigenvalue weighted by Gasteiger charge is 2.51. The van der Waals surface area contributed by atoms with Gasteiger partial charge in [-0.05, 0) is 94.0 Å². The van der Waals surface area contributed by atoms with Crippen molar-refractivity contribution in [3.63, 3.8) is 0 Å². The lowest BCUT2D eigenvalue weighted by molar-refractivity contribution is 0.752. The molecule has 45 heavy (non-hydrogen) atoms. The molecule has 2 heteroatoms. The molecule has 0 N–H and O–H groups in total. The lowest BCUT2D eigenvalue weighted by atomic mass is 9.64. The zero-order valence-corrected chi connectivity index (χ0v) is 24.7. The zero-order chi connectivity index (χ0) is 29.8. The summed E-state index contributed by atoms with van der Waals surface area (Å²) in [5.74, 6) is 0. The van der Waals surface area contributed by atoms with E-state index in [1.54, 1.807) is 0 Å². The molecular weight excluding hydrogens is 544 g/mol. The fraction of sp³-hybridized carbons (Fsp3) is 0.0233. The van der Waals surface area contributed by atoms with E-state index in [9.17, 15) is 0 Å². The number of para-hydroxylation sites is 5.